The standard InChI is InChI=1S/C34H35FN2O3/c1-33-15-13-25(40-32(39)21-7-10-24(35)11-8-21)18-23(33)9-12-26-27(33)14-16-34(2)28(26)17-22(19-38)31(34)37-20-36-29-5-3-4-6-30(29)37/h3-11,19-20,25-28H,12-18H2,1-2H3/t25-,26+,27-,28-,33-,34-/m0/s1. The van der Waals surface area contributed by atoms with Gasteiger partial charge >= 0.3 is 5.97 Å². The molecular weight excluding hydrogens is 503 g/mol. The maximum absolute atomic E-state index is 13.3. The number of aromatic nitrogens is 2. The van der Waals surface area contributed by atoms with Crippen molar-refractivity contribution in [2.24, 2.45) is 28.6 Å². The molecule has 4 aliphatic carbocycles. The molecule has 0 spiro atoms. The molecular formula is C34H35FN2O3. The monoisotopic (exact) mass is 538 g/mol. The van der Waals surface area contributed by atoms with Crippen molar-refractivity contribution < 1.29 is 18.7 Å². The molecule has 0 aliphatic heterocycles. The first-order valence-corrected chi connectivity index (χ1v) is 14.6. The number of ether oxygens (including phenoxy) is 1. The van der Waals surface area contributed by atoms with Crippen molar-refractivity contribution in [1.29, 1.82) is 0 Å². The van der Waals surface area contributed by atoms with E-state index in [4.69, 9.17) is 4.74 Å². The molecule has 2 fully saturated rings. The molecule has 0 amide bonds. The van der Waals surface area contributed by atoms with E-state index in [2.05, 4.69) is 35.5 Å². The molecule has 2 aromatic carbocycles. The Bertz CT molecular complexity index is 1570. The molecule has 6 heteroatoms. The highest BCUT2D eigenvalue weighted by molar-refractivity contribution is 5.90. The third kappa shape index (κ3) is 3.75. The van der Waals surface area contributed by atoms with Crippen LogP contribution in [0.4, 0.5) is 4.39 Å². The Balaban J connectivity index is 1.14. The fraction of sp³-hybridized carbons (Fsp3) is 0.441. The minimum absolute atomic E-state index is 0.0782. The number of benzene rings is 2. The molecule has 2 saturated carbocycles. The molecule has 0 radical (unpaired) electrons. The van der Waals surface area contributed by atoms with Crippen LogP contribution in [0.25, 0.3) is 16.7 Å². The Hall–Kier alpha value is -3.54. The fourth-order valence-corrected chi connectivity index (χ4v) is 8.90. The Kier molecular flexibility index (Phi) is 5.88. The van der Waals surface area contributed by atoms with E-state index in [9.17, 15) is 14.0 Å². The quantitative estimate of drug-likeness (QED) is 0.197. The number of halogens is 1. The number of carbonyl (C=O) groups is 2. The van der Waals surface area contributed by atoms with Crippen LogP contribution in [0.15, 0.2) is 72.1 Å². The summed E-state index contributed by atoms with van der Waals surface area (Å²) in [5.41, 5.74) is 5.90. The predicted octanol–water partition coefficient (Wildman–Crippen LogP) is 7.38. The summed E-state index contributed by atoms with van der Waals surface area (Å²) in [6.45, 7) is 4.80. The van der Waals surface area contributed by atoms with Gasteiger partial charge in [-0.2, -0.15) is 0 Å². The lowest BCUT2D eigenvalue weighted by atomic mass is 9.47. The highest BCUT2D eigenvalue weighted by atomic mass is 19.1. The van der Waals surface area contributed by atoms with Crippen LogP contribution in [-0.2, 0) is 9.53 Å². The molecule has 4 aliphatic rings. The lowest BCUT2D eigenvalue weighted by Crippen LogP contribution is -2.50. The molecule has 5 nitrogen and oxygen atoms in total. The van der Waals surface area contributed by atoms with Crippen molar-refractivity contribution in [2.75, 3.05) is 0 Å². The first-order chi connectivity index (χ1) is 19.3. The summed E-state index contributed by atoms with van der Waals surface area (Å²) >= 11 is 0. The maximum Gasteiger partial charge on any atom is 0.338 e. The van der Waals surface area contributed by atoms with Gasteiger partial charge in [0.25, 0.3) is 0 Å². The molecule has 0 N–H and O–H groups in total. The summed E-state index contributed by atoms with van der Waals surface area (Å²) in [6, 6.07) is 13.7. The molecule has 0 saturated heterocycles. The number of allylic oxidation sites excluding steroid dienone is 3. The van der Waals surface area contributed by atoms with Gasteiger partial charge in [0.1, 0.15) is 24.5 Å². The number of imidazole rings is 1. The molecule has 0 unspecified atom stereocenters. The van der Waals surface area contributed by atoms with Crippen molar-refractivity contribution in [1.82, 2.24) is 9.55 Å². The van der Waals surface area contributed by atoms with Gasteiger partial charge in [-0.1, -0.05) is 37.6 Å². The lowest BCUT2D eigenvalue weighted by molar-refractivity contribution is -0.105. The zero-order chi connectivity index (χ0) is 27.6. The number of carbonyl (C=O) groups excluding carboxylic acids is 2. The number of nitrogens with zero attached hydrogens (tertiary/aromatic N) is 2. The number of fused-ring (bicyclic) bond motifs is 6. The number of para-hydroxylation sites is 2. The molecule has 3 aromatic rings. The van der Waals surface area contributed by atoms with Gasteiger partial charge in [0.2, 0.25) is 0 Å². The molecule has 1 aromatic heterocycles. The maximum atomic E-state index is 13.3. The van der Waals surface area contributed by atoms with Crippen LogP contribution in [0.5, 0.6) is 0 Å². The third-order valence-electron chi connectivity index (χ3n) is 10.9. The van der Waals surface area contributed by atoms with Gasteiger partial charge in [-0.25, -0.2) is 14.2 Å². The number of aldehydes is 1. The first-order valence-electron chi connectivity index (χ1n) is 14.6. The largest absolute Gasteiger partial charge is 0.458 e. The van der Waals surface area contributed by atoms with E-state index in [1.165, 1.54) is 29.8 Å². The second-order valence-corrected chi connectivity index (χ2v) is 12.8. The van der Waals surface area contributed by atoms with E-state index >= 15 is 0 Å². The molecule has 1 heterocycles. The van der Waals surface area contributed by atoms with Crippen LogP contribution in [0, 0.1) is 34.4 Å². The second-order valence-electron chi connectivity index (χ2n) is 12.8. The van der Waals surface area contributed by atoms with E-state index in [0.29, 0.717) is 23.3 Å². The summed E-state index contributed by atoms with van der Waals surface area (Å²) < 4.78 is 21.4. The van der Waals surface area contributed by atoms with Crippen molar-refractivity contribution in [3.05, 3.63) is 83.5 Å². The van der Waals surface area contributed by atoms with E-state index in [1.807, 2.05) is 24.5 Å². The van der Waals surface area contributed by atoms with Crippen molar-refractivity contribution in [2.45, 2.75) is 64.9 Å². The first kappa shape index (κ1) is 25.4. The topological polar surface area (TPSA) is 61.2 Å². The van der Waals surface area contributed by atoms with Gasteiger partial charge in [0, 0.05) is 23.1 Å². The van der Waals surface area contributed by atoms with E-state index in [0.717, 1.165) is 73.5 Å². The van der Waals surface area contributed by atoms with Crippen LogP contribution in [0.3, 0.4) is 0 Å². The Morgan fingerprint density at radius 2 is 1.80 bits per heavy atom. The Labute approximate surface area is 234 Å². The number of rotatable bonds is 4. The van der Waals surface area contributed by atoms with Crippen LogP contribution in [0.2, 0.25) is 0 Å². The van der Waals surface area contributed by atoms with Crippen molar-refractivity contribution in [3.8, 4) is 0 Å². The second kappa shape index (κ2) is 9.25. The van der Waals surface area contributed by atoms with Gasteiger partial charge in [-0.15, -0.1) is 0 Å². The SMILES string of the molecule is C[C@]12CC[C@H](OC(=O)c3ccc(F)cc3)CC1=CC[C@@H]1[C@@H]2CC[C@]2(C)C(n3cnc4ccccc43)=C(C=O)C[C@@H]12. The van der Waals surface area contributed by atoms with Crippen LogP contribution >= 0.6 is 0 Å². The summed E-state index contributed by atoms with van der Waals surface area (Å²) in [5.74, 6) is 0.721. The van der Waals surface area contributed by atoms with Crippen LogP contribution < -0.4 is 0 Å². The normalized spacial score (nSPS) is 33.1. The summed E-state index contributed by atoms with van der Waals surface area (Å²) in [6.07, 6.45) is 11.8. The van der Waals surface area contributed by atoms with Gasteiger partial charge in [-0.05, 0) is 98.1 Å². The Morgan fingerprint density at radius 1 is 1.02 bits per heavy atom. The number of hydrogen-bond donors (Lipinski definition) is 0. The summed E-state index contributed by atoms with van der Waals surface area (Å²) in [4.78, 5) is 29.8. The van der Waals surface area contributed by atoms with Crippen LogP contribution in [0.1, 0.15) is 69.2 Å². The third-order valence-corrected chi connectivity index (χ3v) is 10.9. The highest BCUT2D eigenvalue weighted by Crippen LogP contribution is 2.66. The zero-order valence-electron chi connectivity index (χ0n) is 23.1. The molecule has 0 bridgehead atoms. The van der Waals surface area contributed by atoms with Gasteiger partial charge < -0.3 is 9.30 Å². The number of esters is 1. The lowest BCUT2D eigenvalue weighted by Gasteiger charge is -2.57. The average Bonchev–Trinajstić information content (AvgIpc) is 3.51. The molecule has 40 heavy (non-hydrogen) atoms. The highest BCUT2D eigenvalue weighted by Gasteiger charge is 2.58. The zero-order valence-corrected chi connectivity index (χ0v) is 23.1. The van der Waals surface area contributed by atoms with Gasteiger partial charge in [0.15, 0.2) is 0 Å². The number of hydrogen-bond acceptors (Lipinski definition) is 4. The van der Waals surface area contributed by atoms with E-state index < -0.39 is 0 Å². The van der Waals surface area contributed by atoms with Crippen molar-refractivity contribution >= 4 is 29.0 Å². The molecule has 6 atom stereocenters. The summed E-state index contributed by atoms with van der Waals surface area (Å²) in [5, 5.41) is 0. The average molecular weight is 539 g/mol. The fourth-order valence-electron chi connectivity index (χ4n) is 8.90. The van der Waals surface area contributed by atoms with E-state index in [1.54, 1.807) is 0 Å². The molecule has 7 rings (SSSR count). The Morgan fingerprint density at radius 3 is 2.60 bits per heavy atom. The van der Waals surface area contributed by atoms with Gasteiger partial charge in [-0.3, -0.25) is 4.79 Å². The van der Waals surface area contributed by atoms with E-state index in [-0.39, 0.29) is 28.7 Å². The molecule has 206 valence electrons. The van der Waals surface area contributed by atoms with Crippen molar-refractivity contribution in [3.63, 3.8) is 0 Å². The predicted molar refractivity (Wildman–Crippen MR) is 152 cm³/mol. The minimum atomic E-state index is -0.380. The summed E-state index contributed by atoms with van der Waals surface area (Å²) in [7, 11) is 0. The smallest absolute Gasteiger partial charge is 0.338 e. The van der Waals surface area contributed by atoms with Crippen LogP contribution in [-0.4, -0.2) is 27.9 Å². The van der Waals surface area contributed by atoms with Gasteiger partial charge in [0.05, 0.1) is 16.6 Å². The minimum Gasteiger partial charge on any atom is -0.458 e.